The molecule has 2 unspecified atom stereocenters. The first-order chi connectivity index (χ1) is 8.60. The molecule has 2 atom stereocenters. The molecular weight excluding hydrogens is 228 g/mol. The molecule has 0 saturated carbocycles. The van der Waals surface area contributed by atoms with Crippen LogP contribution in [0.25, 0.3) is 0 Å². The molecule has 5 nitrogen and oxygen atoms in total. The van der Waals surface area contributed by atoms with E-state index in [0.717, 1.165) is 38.0 Å². The number of aromatic nitrogens is 2. The number of carbonyl (C=O) groups is 1. The van der Waals surface area contributed by atoms with Gasteiger partial charge in [-0.1, -0.05) is 0 Å². The van der Waals surface area contributed by atoms with Crippen molar-refractivity contribution in [2.24, 2.45) is 11.7 Å². The highest BCUT2D eigenvalue weighted by molar-refractivity contribution is 5.79. The smallest absolute Gasteiger partial charge is 0.234 e. The Morgan fingerprint density at radius 1 is 1.67 bits per heavy atom. The molecule has 5 heteroatoms. The first kappa shape index (κ1) is 13.1. The maximum atomic E-state index is 11.2. The minimum Gasteiger partial charge on any atom is -0.368 e. The first-order valence-electron chi connectivity index (χ1n) is 6.66. The third-order valence-corrected chi connectivity index (χ3v) is 3.64. The number of rotatable bonds is 4. The summed E-state index contributed by atoms with van der Waals surface area (Å²) in [4.78, 5) is 11.2. The van der Waals surface area contributed by atoms with Crippen LogP contribution in [0.15, 0.2) is 6.07 Å². The molecule has 1 fully saturated rings. The third-order valence-electron chi connectivity index (χ3n) is 3.64. The molecule has 18 heavy (non-hydrogen) atoms. The van der Waals surface area contributed by atoms with Crippen molar-refractivity contribution in [3.63, 3.8) is 0 Å². The number of aryl methyl sites for hydroxylation is 2. The lowest BCUT2D eigenvalue weighted by atomic mass is 9.88. The number of nitrogens with two attached hydrogens (primary N) is 1. The predicted molar refractivity (Wildman–Crippen MR) is 70.1 cm³/mol. The summed E-state index contributed by atoms with van der Waals surface area (Å²) in [6.07, 6.45) is 2.92. The fourth-order valence-corrected chi connectivity index (χ4v) is 2.73. The standard InChI is InChI=1S/C13H22N4O/c1-3-17-11(6-9(2)16-17)7-10-4-5-15-12(8-10)13(14)18/h6,10,12,15H,3-5,7-8H2,1-2H3,(H2,14,18). The Morgan fingerprint density at radius 2 is 2.44 bits per heavy atom. The van der Waals surface area contributed by atoms with Crippen molar-refractivity contribution in [1.82, 2.24) is 15.1 Å². The fraction of sp³-hybridized carbons (Fsp3) is 0.692. The topological polar surface area (TPSA) is 72.9 Å². The maximum absolute atomic E-state index is 11.2. The molecule has 0 spiro atoms. The number of nitrogens with zero attached hydrogens (tertiary/aromatic N) is 2. The number of nitrogens with one attached hydrogen (secondary N) is 1. The summed E-state index contributed by atoms with van der Waals surface area (Å²) < 4.78 is 2.05. The zero-order chi connectivity index (χ0) is 13.1. The average molecular weight is 250 g/mol. The zero-order valence-corrected chi connectivity index (χ0v) is 11.1. The van der Waals surface area contributed by atoms with Crippen molar-refractivity contribution in [3.05, 3.63) is 17.5 Å². The number of primary amides is 1. The molecule has 0 aliphatic carbocycles. The molecular formula is C13H22N4O. The predicted octanol–water partition coefficient (Wildman–Crippen LogP) is 0.607. The molecule has 1 saturated heterocycles. The van der Waals surface area contributed by atoms with Gasteiger partial charge < -0.3 is 11.1 Å². The Morgan fingerprint density at radius 3 is 3.11 bits per heavy atom. The molecule has 1 aliphatic rings. The van der Waals surface area contributed by atoms with E-state index in [1.54, 1.807) is 0 Å². The Bertz CT molecular complexity index is 427. The van der Waals surface area contributed by atoms with Crippen LogP contribution in [0.1, 0.15) is 31.2 Å². The summed E-state index contributed by atoms with van der Waals surface area (Å²) >= 11 is 0. The molecule has 100 valence electrons. The molecule has 1 aliphatic heterocycles. The summed E-state index contributed by atoms with van der Waals surface area (Å²) in [7, 11) is 0. The summed E-state index contributed by atoms with van der Waals surface area (Å²) in [6, 6.07) is 1.98. The second-order valence-corrected chi connectivity index (χ2v) is 5.10. The number of hydrogen-bond acceptors (Lipinski definition) is 3. The van der Waals surface area contributed by atoms with Gasteiger partial charge in [-0.3, -0.25) is 9.48 Å². The van der Waals surface area contributed by atoms with Crippen molar-refractivity contribution in [2.45, 2.75) is 45.7 Å². The van der Waals surface area contributed by atoms with Gasteiger partial charge in [0.2, 0.25) is 5.91 Å². The minimum absolute atomic E-state index is 0.164. The van der Waals surface area contributed by atoms with Crippen LogP contribution in [0.5, 0.6) is 0 Å². The van der Waals surface area contributed by atoms with Crippen molar-refractivity contribution in [3.8, 4) is 0 Å². The van der Waals surface area contributed by atoms with E-state index in [2.05, 4.69) is 28.1 Å². The Labute approximate surface area is 108 Å². The molecule has 2 heterocycles. The van der Waals surface area contributed by atoms with Crippen molar-refractivity contribution >= 4 is 5.91 Å². The molecule has 0 radical (unpaired) electrons. The average Bonchev–Trinajstić information content (AvgIpc) is 2.69. The summed E-state index contributed by atoms with van der Waals surface area (Å²) in [6.45, 7) is 5.89. The Balaban J connectivity index is 2.02. The highest BCUT2D eigenvalue weighted by atomic mass is 16.1. The number of carbonyl (C=O) groups excluding carboxylic acids is 1. The van der Waals surface area contributed by atoms with Gasteiger partial charge in [0.15, 0.2) is 0 Å². The monoisotopic (exact) mass is 250 g/mol. The van der Waals surface area contributed by atoms with Crippen LogP contribution >= 0.6 is 0 Å². The second kappa shape index (κ2) is 5.52. The SMILES string of the molecule is CCn1nc(C)cc1CC1CCNC(C(N)=O)C1. The van der Waals surface area contributed by atoms with E-state index >= 15 is 0 Å². The lowest BCUT2D eigenvalue weighted by Gasteiger charge is -2.28. The normalized spacial score (nSPS) is 24.1. The van der Waals surface area contributed by atoms with E-state index in [1.165, 1.54) is 5.69 Å². The zero-order valence-electron chi connectivity index (χ0n) is 11.1. The number of hydrogen-bond donors (Lipinski definition) is 2. The molecule has 2 rings (SSSR count). The van der Waals surface area contributed by atoms with Gasteiger partial charge in [0.05, 0.1) is 11.7 Å². The van der Waals surface area contributed by atoms with Crippen molar-refractivity contribution in [2.75, 3.05) is 6.54 Å². The Kier molecular flexibility index (Phi) is 4.01. The second-order valence-electron chi connectivity index (χ2n) is 5.10. The molecule has 3 N–H and O–H groups in total. The fourth-order valence-electron chi connectivity index (χ4n) is 2.73. The van der Waals surface area contributed by atoms with Crippen molar-refractivity contribution in [1.29, 1.82) is 0 Å². The van der Waals surface area contributed by atoms with E-state index in [1.807, 2.05) is 6.92 Å². The first-order valence-corrected chi connectivity index (χ1v) is 6.66. The highest BCUT2D eigenvalue weighted by Gasteiger charge is 2.26. The van der Waals surface area contributed by atoms with Gasteiger partial charge in [0, 0.05) is 12.2 Å². The quantitative estimate of drug-likeness (QED) is 0.822. The van der Waals surface area contributed by atoms with Crippen LogP contribution in [-0.4, -0.2) is 28.3 Å². The van der Waals surface area contributed by atoms with Crippen LogP contribution in [0, 0.1) is 12.8 Å². The lowest BCUT2D eigenvalue weighted by Crippen LogP contribution is -2.47. The van der Waals surface area contributed by atoms with Gasteiger partial charge >= 0.3 is 0 Å². The lowest BCUT2D eigenvalue weighted by molar-refractivity contribution is -0.120. The largest absolute Gasteiger partial charge is 0.368 e. The summed E-state index contributed by atoms with van der Waals surface area (Å²) in [5.74, 6) is 0.282. The molecule has 1 amide bonds. The minimum atomic E-state index is -0.236. The van der Waals surface area contributed by atoms with E-state index in [4.69, 9.17) is 5.73 Å². The molecule has 1 aromatic rings. The maximum Gasteiger partial charge on any atom is 0.234 e. The van der Waals surface area contributed by atoms with E-state index in [-0.39, 0.29) is 11.9 Å². The van der Waals surface area contributed by atoms with Gasteiger partial charge in [-0.2, -0.15) is 5.10 Å². The van der Waals surface area contributed by atoms with Gasteiger partial charge in [-0.05, 0) is 51.6 Å². The Hall–Kier alpha value is -1.36. The van der Waals surface area contributed by atoms with Gasteiger partial charge in [0.25, 0.3) is 0 Å². The molecule has 0 aromatic carbocycles. The molecule has 1 aromatic heterocycles. The van der Waals surface area contributed by atoms with E-state index in [0.29, 0.717) is 5.92 Å². The van der Waals surface area contributed by atoms with Crippen LogP contribution in [0.2, 0.25) is 0 Å². The van der Waals surface area contributed by atoms with Crippen LogP contribution in [0.3, 0.4) is 0 Å². The van der Waals surface area contributed by atoms with Gasteiger partial charge in [-0.25, -0.2) is 0 Å². The van der Waals surface area contributed by atoms with Gasteiger partial charge in [0.1, 0.15) is 0 Å². The highest BCUT2D eigenvalue weighted by Crippen LogP contribution is 2.21. The van der Waals surface area contributed by atoms with Gasteiger partial charge in [-0.15, -0.1) is 0 Å². The number of piperidine rings is 1. The summed E-state index contributed by atoms with van der Waals surface area (Å²) in [5, 5.41) is 7.63. The van der Waals surface area contributed by atoms with Crippen LogP contribution in [-0.2, 0) is 17.8 Å². The van der Waals surface area contributed by atoms with Crippen molar-refractivity contribution < 1.29 is 4.79 Å². The summed E-state index contributed by atoms with van der Waals surface area (Å²) in [5.41, 5.74) is 7.69. The number of amides is 1. The molecule has 0 bridgehead atoms. The van der Waals surface area contributed by atoms with Crippen LogP contribution in [0.4, 0.5) is 0 Å². The van der Waals surface area contributed by atoms with E-state index in [9.17, 15) is 4.79 Å². The van der Waals surface area contributed by atoms with Crippen LogP contribution < -0.4 is 11.1 Å². The van der Waals surface area contributed by atoms with E-state index < -0.39 is 0 Å². The third kappa shape index (κ3) is 2.90.